The van der Waals surface area contributed by atoms with Gasteiger partial charge >= 0.3 is 0 Å². The highest BCUT2D eigenvalue weighted by Gasteiger charge is 2.49. The van der Waals surface area contributed by atoms with E-state index in [1.807, 2.05) is 0 Å². The van der Waals surface area contributed by atoms with Gasteiger partial charge in [-0.2, -0.15) is 0 Å². The number of nitrogens with zero attached hydrogens (tertiary/aromatic N) is 2. The Morgan fingerprint density at radius 2 is 0.982 bits per heavy atom. The first-order chi connectivity index (χ1) is 27.7. The molecule has 0 amide bonds. The quantitative estimate of drug-likeness (QED) is 0.163. The molecule has 1 atom stereocenters. The fourth-order valence-electron chi connectivity index (χ4n) is 10.7. The van der Waals surface area contributed by atoms with Crippen molar-refractivity contribution in [1.29, 1.82) is 0 Å². The Labute approximate surface area is 329 Å². The van der Waals surface area contributed by atoms with Gasteiger partial charge in [0.1, 0.15) is 11.2 Å². The summed E-state index contributed by atoms with van der Waals surface area (Å²) in [6.07, 6.45) is 11.0. The molecule has 0 N–H and O–H groups in total. The van der Waals surface area contributed by atoms with Gasteiger partial charge in [-0.25, -0.2) is 0 Å². The second kappa shape index (κ2) is 13.6. The van der Waals surface area contributed by atoms with E-state index in [2.05, 4.69) is 174 Å². The van der Waals surface area contributed by atoms with E-state index in [1.54, 1.807) is 0 Å². The van der Waals surface area contributed by atoms with Gasteiger partial charge in [0.2, 0.25) is 0 Å². The topological polar surface area (TPSA) is 19.6 Å². The second-order valence-electron chi connectivity index (χ2n) is 16.3. The Kier molecular flexibility index (Phi) is 8.09. The summed E-state index contributed by atoms with van der Waals surface area (Å²) in [5, 5.41) is 2.31. The highest BCUT2D eigenvalue weighted by molar-refractivity contribution is 6.06. The molecule has 56 heavy (non-hydrogen) atoms. The maximum Gasteiger partial charge on any atom is 0.135 e. The molecule has 3 heteroatoms. The molecule has 1 saturated carbocycles. The van der Waals surface area contributed by atoms with E-state index in [1.165, 1.54) is 88.4 Å². The predicted octanol–water partition coefficient (Wildman–Crippen LogP) is 14.8. The molecule has 3 aliphatic carbocycles. The van der Waals surface area contributed by atoms with Crippen molar-refractivity contribution in [2.45, 2.75) is 69.1 Å². The zero-order chi connectivity index (χ0) is 37.1. The van der Waals surface area contributed by atoms with E-state index in [-0.39, 0.29) is 5.41 Å². The number of anilines is 6. The molecule has 0 bridgehead atoms. The smallest absolute Gasteiger partial charge is 0.135 e. The van der Waals surface area contributed by atoms with E-state index in [0.29, 0.717) is 5.92 Å². The van der Waals surface area contributed by atoms with Crippen LogP contribution in [0.15, 0.2) is 168 Å². The van der Waals surface area contributed by atoms with E-state index < -0.39 is 0 Å². The molecule has 0 unspecified atom stereocenters. The minimum absolute atomic E-state index is 0.133. The van der Waals surface area contributed by atoms with Crippen LogP contribution in [-0.2, 0) is 18.3 Å². The summed E-state index contributed by atoms with van der Waals surface area (Å²) in [4.78, 5) is 5.05. The Morgan fingerprint density at radius 1 is 0.446 bits per heavy atom. The van der Waals surface area contributed by atoms with Gasteiger partial charge in [0.25, 0.3) is 0 Å². The van der Waals surface area contributed by atoms with Crippen LogP contribution in [0.4, 0.5) is 34.1 Å². The zero-order valence-electron chi connectivity index (χ0n) is 31.8. The van der Waals surface area contributed by atoms with Crippen LogP contribution in [0.2, 0.25) is 0 Å². The number of rotatable bonds is 7. The monoisotopic (exact) mass is 726 g/mol. The Hall–Kier alpha value is -6.06. The fraction of sp³-hybridized carbons (Fsp3) is 0.208. The fourth-order valence-corrected chi connectivity index (χ4v) is 10.7. The van der Waals surface area contributed by atoms with Crippen molar-refractivity contribution in [3.8, 4) is 0 Å². The van der Waals surface area contributed by atoms with Crippen molar-refractivity contribution in [3.05, 3.63) is 192 Å². The maximum absolute atomic E-state index is 6.36. The van der Waals surface area contributed by atoms with Crippen LogP contribution >= 0.6 is 0 Å². The lowest BCUT2D eigenvalue weighted by molar-refractivity contribution is 0.443. The van der Waals surface area contributed by atoms with E-state index in [9.17, 15) is 0 Å². The summed E-state index contributed by atoms with van der Waals surface area (Å²) >= 11 is 0. The molecule has 3 aliphatic rings. The molecule has 3 nitrogen and oxygen atoms in total. The molecule has 1 aromatic heterocycles. The van der Waals surface area contributed by atoms with Crippen LogP contribution in [0, 0.1) is 0 Å². The molecule has 8 aromatic rings. The highest BCUT2D eigenvalue weighted by Crippen LogP contribution is 2.60. The van der Waals surface area contributed by atoms with Crippen molar-refractivity contribution in [3.63, 3.8) is 0 Å². The summed E-state index contributed by atoms with van der Waals surface area (Å²) in [6, 6.07) is 60.8. The van der Waals surface area contributed by atoms with E-state index in [0.717, 1.165) is 53.3 Å². The van der Waals surface area contributed by atoms with Crippen LogP contribution in [0.1, 0.15) is 78.7 Å². The summed E-state index contributed by atoms with van der Waals surface area (Å²) in [5.74, 6) is 0.662. The molecular formula is C53H46N2O. The molecule has 1 spiro atoms. The standard InChI is InChI=1S/C53H46N2O/c1-4-14-37(15-5-1)38-26-28-43(29-27-38)55(44-30-31-50-46(36-44)45-22-10-11-25-49(45)56-50)48-24-13-17-40-33-35-53(52(40)48)34-32-39-16-12-23-47(51(39)53)54(41-18-6-2-7-19-41)42-20-8-3-9-21-42/h2-3,6-13,16-31,36-37H,1,4-5,14-15,32-35H2/t53-/m1/s1. The van der Waals surface area contributed by atoms with Gasteiger partial charge in [0.15, 0.2) is 0 Å². The van der Waals surface area contributed by atoms with Crippen LogP contribution < -0.4 is 9.80 Å². The van der Waals surface area contributed by atoms with Gasteiger partial charge in [-0.15, -0.1) is 0 Å². The van der Waals surface area contributed by atoms with Crippen LogP contribution in [0.25, 0.3) is 21.9 Å². The first-order valence-electron chi connectivity index (χ1n) is 20.7. The molecule has 7 aromatic carbocycles. The number of fused-ring (bicyclic) bond motifs is 7. The molecule has 0 radical (unpaired) electrons. The Morgan fingerprint density at radius 3 is 1.62 bits per heavy atom. The van der Waals surface area contributed by atoms with Crippen molar-refractivity contribution in [2.24, 2.45) is 0 Å². The third kappa shape index (κ3) is 5.39. The van der Waals surface area contributed by atoms with Crippen LogP contribution in [0.5, 0.6) is 0 Å². The number of benzene rings is 7. The van der Waals surface area contributed by atoms with E-state index >= 15 is 0 Å². The molecule has 0 aliphatic heterocycles. The first kappa shape index (κ1) is 33.3. The Balaban J connectivity index is 1.12. The summed E-state index contributed by atoms with van der Waals surface area (Å²) in [5.41, 5.74) is 16.4. The summed E-state index contributed by atoms with van der Waals surface area (Å²) in [6.45, 7) is 0. The van der Waals surface area contributed by atoms with Gasteiger partial charge in [-0.1, -0.05) is 110 Å². The van der Waals surface area contributed by atoms with Crippen molar-refractivity contribution >= 4 is 56.1 Å². The average molecular weight is 727 g/mol. The third-order valence-electron chi connectivity index (χ3n) is 13.2. The van der Waals surface area contributed by atoms with Gasteiger partial charge in [0.05, 0.1) is 11.4 Å². The molecule has 274 valence electrons. The lowest BCUT2D eigenvalue weighted by Gasteiger charge is -2.37. The summed E-state index contributed by atoms with van der Waals surface area (Å²) < 4.78 is 6.36. The highest BCUT2D eigenvalue weighted by atomic mass is 16.3. The molecule has 1 fully saturated rings. The average Bonchev–Trinajstić information content (AvgIpc) is 3.96. The maximum atomic E-state index is 6.36. The van der Waals surface area contributed by atoms with Crippen molar-refractivity contribution in [1.82, 2.24) is 0 Å². The third-order valence-corrected chi connectivity index (χ3v) is 13.2. The SMILES string of the molecule is c1ccc(N(c2ccccc2)c2cccc3c2[C@@]2(CC3)CCc3cccc(N(c4ccc(C5CCCCC5)cc4)c4ccc5oc6ccccc6c5c4)c32)cc1. The minimum Gasteiger partial charge on any atom is -0.456 e. The lowest BCUT2D eigenvalue weighted by Crippen LogP contribution is -2.27. The zero-order valence-corrected chi connectivity index (χ0v) is 31.8. The first-order valence-corrected chi connectivity index (χ1v) is 20.7. The van der Waals surface area contributed by atoms with Crippen LogP contribution in [0.3, 0.4) is 0 Å². The predicted molar refractivity (Wildman–Crippen MR) is 233 cm³/mol. The van der Waals surface area contributed by atoms with Crippen molar-refractivity contribution in [2.75, 3.05) is 9.80 Å². The number of hydrogen-bond acceptors (Lipinski definition) is 3. The minimum atomic E-state index is -0.133. The number of furan rings is 1. The molecule has 0 saturated heterocycles. The van der Waals surface area contributed by atoms with Gasteiger partial charge < -0.3 is 14.2 Å². The number of para-hydroxylation sites is 3. The normalized spacial score (nSPS) is 17.7. The molecule has 1 heterocycles. The van der Waals surface area contributed by atoms with Crippen molar-refractivity contribution < 1.29 is 4.42 Å². The van der Waals surface area contributed by atoms with Crippen LogP contribution in [-0.4, -0.2) is 0 Å². The van der Waals surface area contributed by atoms with Gasteiger partial charge in [-0.05, 0) is 145 Å². The van der Waals surface area contributed by atoms with Gasteiger partial charge in [0, 0.05) is 38.9 Å². The largest absolute Gasteiger partial charge is 0.456 e. The lowest BCUT2D eigenvalue weighted by atomic mass is 9.74. The number of hydrogen-bond donors (Lipinski definition) is 0. The van der Waals surface area contributed by atoms with E-state index in [4.69, 9.17) is 4.42 Å². The summed E-state index contributed by atoms with van der Waals surface area (Å²) in [7, 11) is 0. The number of aryl methyl sites for hydroxylation is 2. The molecule has 11 rings (SSSR count). The van der Waals surface area contributed by atoms with Gasteiger partial charge in [-0.3, -0.25) is 0 Å². The Bertz CT molecular complexity index is 2650. The second-order valence-corrected chi connectivity index (χ2v) is 16.3. The molecular weight excluding hydrogens is 681 g/mol.